The van der Waals surface area contributed by atoms with Gasteiger partial charge in [-0.1, -0.05) is 19.8 Å². The van der Waals surface area contributed by atoms with Gasteiger partial charge in [-0.15, -0.1) is 0 Å². The molecule has 0 radical (unpaired) electrons. The van der Waals surface area contributed by atoms with Gasteiger partial charge in [-0.25, -0.2) is 0 Å². The van der Waals surface area contributed by atoms with Crippen molar-refractivity contribution in [3.8, 4) is 0 Å². The third-order valence-electron chi connectivity index (χ3n) is 4.91. The van der Waals surface area contributed by atoms with E-state index in [4.69, 9.17) is 0 Å². The van der Waals surface area contributed by atoms with Crippen LogP contribution in [0.4, 0.5) is 0 Å². The molecule has 2 fully saturated rings. The molecule has 0 aromatic heterocycles. The minimum Gasteiger partial charge on any atom is -0.314 e. The third-order valence-corrected chi connectivity index (χ3v) is 4.91. The van der Waals surface area contributed by atoms with Crippen LogP contribution in [0.25, 0.3) is 0 Å². The molecule has 1 saturated carbocycles. The van der Waals surface area contributed by atoms with E-state index in [2.05, 4.69) is 29.1 Å². The number of nitrogens with zero attached hydrogens (tertiary/aromatic N) is 2. The summed E-state index contributed by atoms with van der Waals surface area (Å²) in [4.78, 5) is 5.24. The molecule has 112 valence electrons. The second-order valence-electron chi connectivity index (χ2n) is 6.50. The number of hydrogen-bond acceptors (Lipinski definition) is 3. The van der Waals surface area contributed by atoms with Crippen LogP contribution in [0.15, 0.2) is 0 Å². The van der Waals surface area contributed by atoms with E-state index in [0.29, 0.717) is 0 Å². The Hall–Kier alpha value is -0.120. The molecule has 0 bridgehead atoms. The molecule has 1 heterocycles. The van der Waals surface area contributed by atoms with Crippen molar-refractivity contribution in [2.75, 3.05) is 39.8 Å². The Kier molecular flexibility index (Phi) is 6.62. The van der Waals surface area contributed by atoms with Gasteiger partial charge in [0.05, 0.1) is 0 Å². The van der Waals surface area contributed by atoms with E-state index in [1.165, 1.54) is 77.7 Å². The predicted molar refractivity (Wildman–Crippen MR) is 82.6 cm³/mol. The fraction of sp³-hybridized carbons (Fsp3) is 1.00. The average molecular weight is 267 g/mol. The summed E-state index contributed by atoms with van der Waals surface area (Å²) in [7, 11) is 2.27. The molecule has 1 aliphatic carbocycles. The van der Waals surface area contributed by atoms with Crippen LogP contribution in [0, 0.1) is 0 Å². The molecule has 1 atom stereocenters. The second-order valence-corrected chi connectivity index (χ2v) is 6.50. The molecule has 2 aliphatic rings. The summed E-state index contributed by atoms with van der Waals surface area (Å²) in [6, 6.07) is 1.61. The maximum absolute atomic E-state index is 3.74. The monoisotopic (exact) mass is 267 g/mol. The van der Waals surface area contributed by atoms with Crippen molar-refractivity contribution in [1.82, 2.24) is 15.1 Å². The van der Waals surface area contributed by atoms with Gasteiger partial charge in [0.1, 0.15) is 0 Å². The first-order chi connectivity index (χ1) is 9.29. The molecule has 0 aromatic rings. The van der Waals surface area contributed by atoms with Gasteiger partial charge >= 0.3 is 0 Å². The highest BCUT2D eigenvalue weighted by Crippen LogP contribution is 2.17. The molecule has 1 aliphatic heterocycles. The topological polar surface area (TPSA) is 18.5 Å². The molecular formula is C16H33N3. The van der Waals surface area contributed by atoms with Gasteiger partial charge in [-0.2, -0.15) is 0 Å². The Balaban J connectivity index is 1.64. The van der Waals surface area contributed by atoms with Gasteiger partial charge < -0.3 is 10.2 Å². The van der Waals surface area contributed by atoms with Crippen molar-refractivity contribution >= 4 is 0 Å². The molecule has 0 aromatic carbocycles. The molecule has 1 unspecified atom stereocenters. The zero-order chi connectivity index (χ0) is 13.5. The van der Waals surface area contributed by atoms with E-state index in [9.17, 15) is 0 Å². The number of hydrogen-bond donors (Lipinski definition) is 1. The molecule has 1 saturated heterocycles. The fourth-order valence-electron chi connectivity index (χ4n) is 3.69. The maximum Gasteiger partial charge on any atom is 0.0220 e. The van der Waals surface area contributed by atoms with Gasteiger partial charge in [0.15, 0.2) is 0 Å². The van der Waals surface area contributed by atoms with Crippen molar-refractivity contribution in [3.63, 3.8) is 0 Å². The number of likely N-dealkylation sites (N-methyl/N-ethyl adjacent to an activating group) is 1. The first kappa shape index (κ1) is 15.3. The van der Waals surface area contributed by atoms with Crippen LogP contribution in [-0.2, 0) is 0 Å². The van der Waals surface area contributed by atoms with Gasteiger partial charge in [-0.3, -0.25) is 4.90 Å². The van der Waals surface area contributed by atoms with Crippen LogP contribution in [0.2, 0.25) is 0 Å². The van der Waals surface area contributed by atoms with E-state index in [1.807, 2.05) is 0 Å². The molecule has 3 nitrogen and oxygen atoms in total. The lowest BCUT2D eigenvalue weighted by atomic mass is 10.1. The number of nitrogens with one attached hydrogen (secondary N) is 1. The summed E-state index contributed by atoms with van der Waals surface area (Å²) in [5.74, 6) is 0. The van der Waals surface area contributed by atoms with E-state index in [-0.39, 0.29) is 0 Å². The van der Waals surface area contributed by atoms with Crippen molar-refractivity contribution in [3.05, 3.63) is 0 Å². The third kappa shape index (κ3) is 5.05. The lowest BCUT2D eigenvalue weighted by Gasteiger charge is -2.30. The van der Waals surface area contributed by atoms with Crippen LogP contribution in [0.5, 0.6) is 0 Å². The van der Waals surface area contributed by atoms with Crippen LogP contribution < -0.4 is 5.32 Å². The zero-order valence-corrected chi connectivity index (χ0v) is 13.0. The summed E-state index contributed by atoms with van der Waals surface area (Å²) in [5, 5.41) is 3.74. The second kappa shape index (κ2) is 8.23. The maximum atomic E-state index is 3.74. The first-order valence-corrected chi connectivity index (χ1v) is 8.45. The minimum absolute atomic E-state index is 0.777. The Morgan fingerprint density at radius 1 is 1.11 bits per heavy atom. The highest BCUT2D eigenvalue weighted by atomic mass is 15.2. The standard InChI is InChI=1S/C16H33N3/c1-3-16-14-18(2)11-7-13-19(16)12-6-10-17-15-8-4-5-9-15/h15-17H,3-14H2,1-2H3. The van der Waals surface area contributed by atoms with Crippen LogP contribution in [0.1, 0.15) is 51.9 Å². The summed E-state index contributed by atoms with van der Waals surface area (Å²) in [6.45, 7) is 8.67. The summed E-state index contributed by atoms with van der Waals surface area (Å²) >= 11 is 0. The minimum atomic E-state index is 0.777. The van der Waals surface area contributed by atoms with Crippen molar-refractivity contribution in [1.29, 1.82) is 0 Å². The van der Waals surface area contributed by atoms with Gasteiger partial charge in [0.2, 0.25) is 0 Å². The summed E-state index contributed by atoms with van der Waals surface area (Å²) in [6.07, 6.45) is 9.64. The van der Waals surface area contributed by atoms with Crippen LogP contribution in [0.3, 0.4) is 0 Å². The van der Waals surface area contributed by atoms with Crippen LogP contribution >= 0.6 is 0 Å². The molecule has 19 heavy (non-hydrogen) atoms. The molecule has 3 heteroatoms. The van der Waals surface area contributed by atoms with Crippen molar-refractivity contribution in [2.45, 2.75) is 64.0 Å². The lowest BCUT2D eigenvalue weighted by Crippen LogP contribution is -2.41. The fourth-order valence-corrected chi connectivity index (χ4v) is 3.69. The molecule has 0 amide bonds. The predicted octanol–water partition coefficient (Wildman–Crippen LogP) is 2.32. The van der Waals surface area contributed by atoms with Crippen molar-refractivity contribution < 1.29 is 0 Å². The molecule has 1 N–H and O–H groups in total. The number of rotatable bonds is 6. The highest BCUT2D eigenvalue weighted by molar-refractivity contribution is 4.78. The Morgan fingerprint density at radius 3 is 2.63 bits per heavy atom. The normalized spacial score (nSPS) is 27.8. The molecule has 2 rings (SSSR count). The van der Waals surface area contributed by atoms with Gasteiger partial charge in [0, 0.05) is 18.6 Å². The summed E-state index contributed by atoms with van der Waals surface area (Å²) in [5.41, 5.74) is 0. The highest BCUT2D eigenvalue weighted by Gasteiger charge is 2.21. The quantitative estimate of drug-likeness (QED) is 0.745. The largest absolute Gasteiger partial charge is 0.314 e. The zero-order valence-electron chi connectivity index (χ0n) is 13.0. The van der Waals surface area contributed by atoms with E-state index < -0.39 is 0 Å². The Morgan fingerprint density at radius 2 is 1.89 bits per heavy atom. The average Bonchev–Trinajstić information content (AvgIpc) is 2.85. The first-order valence-electron chi connectivity index (χ1n) is 8.45. The van der Waals surface area contributed by atoms with E-state index >= 15 is 0 Å². The van der Waals surface area contributed by atoms with Crippen molar-refractivity contribution in [2.24, 2.45) is 0 Å². The lowest BCUT2D eigenvalue weighted by molar-refractivity contribution is 0.181. The Labute approximate surface area is 119 Å². The van der Waals surface area contributed by atoms with Gasteiger partial charge in [-0.05, 0) is 65.3 Å². The Bertz CT molecular complexity index is 238. The van der Waals surface area contributed by atoms with E-state index in [0.717, 1.165) is 12.1 Å². The summed E-state index contributed by atoms with van der Waals surface area (Å²) < 4.78 is 0. The van der Waals surface area contributed by atoms with Gasteiger partial charge in [0.25, 0.3) is 0 Å². The van der Waals surface area contributed by atoms with Crippen LogP contribution in [-0.4, -0.2) is 61.7 Å². The molecular weight excluding hydrogens is 234 g/mol. The molecule has 0 spiro atoms. The smallest absolute Gasteiger partial charge is 0.0220 e. The SMILES string of the molecule is CCC1CN(C)CCCN1CCCNC1CCCC1. The van der Waals surface area contributed by atoms with E-state index in [1.54, 1.807) is 0 Å².